The van der Waals surface area contributed by atoms with E-state index in [2.05, 4.69) is 31.1 Å². The summed E-state index contributed by atoms with van der Waals surface area (Å²) >= 11 is 0. The smallest absolute Gasteiger partial charge is 0.355 e. The van der Waals surface area contributed by atoms with Gasteiger partial charge >= 0.3 is 5.69 Å². The first-order valence-corrected chi connectivity index (χ1v) is 8.48. The summed E-state index contributed by atoms with van der Waals surface area (Å²) in [5.41, 5.74) is 5.02. The van der Waals surface area contributed by atoms with Gasteiger partial charge in [-0.2, -0.15) is 0 Å². The van der Waals surface area contributed by atoms with E-state index < -0.39 is 16.5 Å². The van der Waals surface area contributed by atoms with Crippen molar-refractivity contribution >= 4 is 28.9 Å². The van der Waals surface area contributed by atoms with Crippen LogP contribution in [-0.2, 0) is 0 Å². The topological polar surface area (TPSA) is 153 Å². The molecule has 2 heterocycles. The van der Waals surface area contributed by atoms with Gasteiger partial charge < -0.3 is 14.8 Å². The van der Waals surface area contributed by atoms with Gasteiger partial charge in [0.1, 0.15) is 17.8 Å². The summed E-state index contributed by atoms with van der Waals surface area (Å²) in [6.45, 7) is 0. The molecule has 2 aromatic heterocycles. The first-order chi connectivity index (χ1) is 14.5. The molecule has 0 bridgehead atoms. The van der Waals surface area contributed by atoms with Gasteiger partial charge in [0.15, 0.2) is 0 Å². The maximum Gasteiger partial charge on any atom is 0.355 e. The minimum Gasteiger partial charge on any atom is -0.497 e. The monoisotopic (exact) mass is 411 g/mol. The molecule has 3 rings (SSSR count). The van der Waals surface area contributed by atoms with Crippen LogP contribution in [0.4, 0.5) is 23.0 Å². The number of hydrogen-bond acceptors (Lipinski definition) is 10. The van der Waals surface area contributed by atoms with Gasteiger partial charge in [-0.05, 0) is 24.3 Å². The highest BCUT2D eigenvalue weighted by Gasteiger charge is 2.24. The summed E-state index contributed by atoms with van der Waals surface area (Å²) in [7, 11) is 2.96. The number of benzene rings is 1. The van der Waals surface area contributed by atoms with Crippen molar-refractivity contribution in [3.63, 3.8) is 0 Å². The Balaban J connectivity index is 1.86. The molecule has 12 nitrogen and oxygen atoms in total. The van der Waals surface area contributed by atoms with Crippen molar-refractivity contribution in [3.05, 3.63) is 64.7 Å². The predicted molar refractivity (Wildman–Crippen MR) is 107 cm³/mol. The Morgan fingerprint density at radius 3 is 2.60 bits per heavy atom. The maximum atomic E-state index is 12.1. The number of hydrogen-bond donors (Lipinski definition) is 3. The van der Waals surface area contributed by atoms with Crippen molar-refractivity contribution in [3.8, 4) is 11.5 Å². The van der Waals surface area contributed by atoms with Gasteiger partial charge in [-0.25, -0.2) is 9.97 Å². The number of pyridine rings is 1. The first kappa shape index (κ1) is 20.3. The second-order valence-electron chi connectivity index (χ2n) is 5.69. The molecule has 0 unspecified atom stereocenters. The molecule has 0 saturated heterocycles. The zero-order valence-electron chi connectivity index (χ0n) is 15.9. The van der Waals surface area contributed by atoms with Gasteiger partial charge in [-0.1, -0.05) is 0 Å². The number of nitro groups is 1. The molecular formula is C18H17N7O5. The van der Waals surface area contributed by atoms with Crippen LogP contribution in [0.3, 0.4) is 0 Å². The van der Waals surface area contributed by atoms with Crippen LogP contribution in [0.5, 0.6) is 11.5 Å². The van der Waals surface area contributed by atoms with Gasteiger partial charge in [-0.15, -0.1) is 0 Å². The minimum atomic E-state index is -0.670. The van der Waals surface area contributed by atoms with E-state index in [4.69, 9.17) is 9.47 Å². The summed E-state index contributed by atoms with van der Waals surface area (Å²) in [5.74, 6) is 0.0952. The SMILES string of the molecule is COc1ccc(Nc2ncnc(NNC(=O)c3cccnc3)c2[N+](=O)[O-])c(OC)c1. The second-order valence-corrected chi connectivity index (χ2v) is 5.69. The Morgan fingerprint density at radius 1 is 1.13 bits per heavy atom. The molecule has 154 valence electrons. The van der Waals surface area contributed by atoms with Gasteiger partial charge in [0, 0.05) is 18.5 Å². The number of methoxy groups -OCH3 is 2. The van der Waals surface area contributed by atoms with Crippen molar-refractivity contribution in [2.24, 2.45) is 0 Å². The van der Waals surface area contributed by atoms with Crippen LogP contribution in [0.1, 0.15) is 10.4 Å². The number of rotatable bonds is 8. The summed E-state index contributed by atoms with van der Waals surface area (Å²) < 4.78 is 10.4. The van der Waals surface area contributed by atoms with Crippen LogP contribution in [0, 0.1) is 10.1 Å². The third-order valence-electron chi connectivity index (χ3n) is 3.88. The molecule has 30 heavy (non-hydrogen) atoms. The van der Waals surface area contributed by atoms with E-state index in [0.29, 0.717) is 17.2 Å². The van der Waals surface area contributed by atoms with Crippen LogP contribution < -0.4 is 25.6 Å². The third kappa shape index (κ3) is 4.49. The van der Waals surface area contributed by atoms with Gasteiger partial charge in [0.2, 0.25) is 11.6 Å². The van der Waals surface area contributed by atoms with Gasteiger partial charge in [0.05, 0.1) is 30.4 Å². The fourth-order valence-electron chi connectivity index (χ4n) is 2.45. The molecule has 0 radical (unpaired) electrons. The molecule has 0 atom stereocenters. The molecule has 12 heteroatoms. The highest BCUT2D eigenvalue weighted by Crippen LogP contribution is 2.35. The Bertz CT molecular complexity index is 1060. The van der Waals surface area contributed by atoms with E-state index in [-0.39, 0.29) is 17.2 Å². The van der Waals surface area contributed by atoms with Crippen LogP contribution in [0.15, 0.2) is 49.1 Å². The molecule has 0 saturated carbocycles. The number of nitrogens with zero attached hydrogens (tertiary/aromatic N) is 4. The molecule has 0 aliphatic heterocycles. The predicted octanol–water partition coefficient (Wildman–Crippen LogP) is 2.30. The summed E-state index contributed by atoms with van der Waals surface area (Å²) in [5, 5.41) is 14.5. The zero-order chi connectivity index (χ0) is 21.5. The molecule has 3 N–H and O–H groups in total. The average Bonchev–Trinajstić information content (AvgIpc) is 2.78. The lowest BCUT2D eigenvalue weighted by Crippen LogP contribution is -2.30. The van der Waals surface area contributed by atoms with Crippen LogP contribution in [-0.4, -0.2) is 40.0 Å². The summed E-state index contributed by atoms with van der Waals surface area (Å²) in [6, 6.07) is 8.03. The fourth-order valence-corrected chi connectivity index (χ4v) is 2.45. The second kappa shape index (κ2) is 9.14. The number of hydrazine groups is 1. The number of nitrogens with one attached hydrogen (secondary N) is 3. The van der Waals surface area contributed by atoms with Crippen molar-refractivity contribution in [2.75, 3.05) is 25.0 Å². The Morgan fingerprint density at radius 2 is 1.93 bits per heavy atom. The number of aromatic nitrogens is 3. The van der Waals surface area contributed by atoms with E-state index in [0.717, 1.165) is 6.33 Å². The van der Waals surface area contributed by atoms with Crippen molar-refractivity contribution in [1.82, 2.24) is 20.4 Å². The molecule has 3 aromatic rings. The van der Waals surface area contributed by atoms with Crippen molar-refractivity contribution in [1.29, 1.82) is 0 Å². The maximum absolute atomic E-state index is 12.1. The Kier molecular flexibility index (Phi) is 6.17. The van der Waals surface area contributed by atoms with Crippen LogP contribution in [0.2, 0.25) is 0 Å². The highest BCUT2D eigenvalue weighted by atomic mass is 16.6. The van der Waals surface area contributed by atoms with E-state index in [1.165, 1.54) is 26.6 Å². The average molecular weight is 411 g/mol. The fraction of sp³-hybridized carbons (Fsp3) is 0.111. The molecule has 0 spiro atoms. The lowest BCUT2D eigenvalue weighted by molar-refractivity contribution is -0.383. The Hall–Kier alpha value is -4.48. The van der Waals surface area contributed by atoms with Crippen LogP contribution in [0.25, 0.3) is 0 Å². The van der Waals surface area contributed by atoms with E-state index in [1.54, 1.807) is 30.3 Å². The molecule has 1 amide bonds. The summed E-state index contributed by atoms with van der Waals surface area (Å²) in [6.07, 6.45) is 3.99. The largest absolute Gasteiger partial charge is 0.497 e. The highest BCUT2D eigenvalue weighted by molar-refractivity contribution is 5.94. The van der Waals surface area contributed by atoms with Gasteiger partial charge in [-0.3, -0.25) is 30.7 Å². The van der Waals surface area contributed by atoms with Gasteiger partial charge in [0.25, 0.3) is 5.91 Å². The lowest BCUT2D eigenvalue weighted by atomic mass is 10.2. The number of amides is 1. The molecule has 0 aliphatic rings. The standard InChI is InChI=1S/C18H17N7O5/c1-29-12-5-6-13(14(8-12)30-2)22-16-15(25(27)28)17(21-10-20-16)23-24-18(26)11-4-3-7-19-9-11/h3-10H,1-2H3,(H,24,26)(H2,20,21,22,23). The molecular weight excluding hydrogens is 394 g/mol. The van der Waals surface area contributed by atoms with Crippen molar-refractivity contribution in [2.45, 2.75) is 0 Å². The van der Waals surface area contributed by atoms with Crippen LogP contribution >= 0.6 is 0 Å². The third-order valence-corrected chi connectivity index (χ3v) is 3.88. The molecule has 0 fully saturated rings. The van der Waals surface area contributed by atoms with Crippen molar-refractivity contribution < 1.29 is 19.2 Å². The number of carbonyl (C=O) groups is 1. The number of ether oxygens (including phenoxy) is 2. The lowest BCUT2D eigenvalue weighted by Gasteiger charge is -2.13. The zero-order valence-corrected chi connectivity index (χ0v) is 15.9. The van der Waals surface area contributed by atoms with E-state index in [9.17, 15) is 14.9 Å². The van der Waals surface area contributed by atoms with E-state index in [1.807, 2.05) is 0 Å². The normalized spacial score (nSPS) is 10.1. The first-order valence-electron chi connectivity index (χ1n) is 8.48. The number of anilines is 3. The van der Waals surface area contributed by atoms with E-state index >= 15 is 0 Å². The Labute approximate surface area is 170 Å². The molecule has 0 aliphatic carbocycles. The number of carbonyl (C=O) groups excluding carboxylic acids is 1. The minimum absolute atomic E-state index is 0.100. The molecule has 1 aromatic carbocycles. The quantitative estimate of drug-likeness (QED) is 0.371. The summed E-state index contributed by atoms with van der Waals surface area (Å²) in [4.78, 5) is 34.8.